The lowest BCUT2D eigenvalue weighted by molar-refractivity contribution is -0.117. The number of sulfone groups is 1. The van der Waals surface area contributed by atoms with Crippen LogP contribution < -0.4 is 11.1 Å². The van der Waals surface area contributed by atoms with E-state index in [0.29, 0.717) is 17.9 Å². The lowest BCUT2D eigenvalue weighted by Crippen LogP contribution is -2.33. The van der Waals surface area contributed by atoms with Crippen LogP contribution in [0.4, 0.5) is 11.4 Å². The summed E-state index contributed by atoms with van der Waals surface area (Å²) in [5.74, 6) is -0.168. The Morgan fingerprint density at radius 3 is 2.60 bits per heavy atom. The zero-order chi connectivity index (χ0) is 15.3. The lowest BCUT2D eigenvalue weighted by Gasteiger charge is -2.15. The van der Waals surface area contributed by atoms with Crippen LogP contribution in [-0.4, -0.2) is 51.4 Å². The fourth-order valence-corrected chi connectivity index (χ4v) is 2.21. The Labute approximate surface area is 119 Å². The molecule has 0 fully saturated rings. The van der Waals surface area contributed by atoms with Crippen molar-refractivity contribution in [2.24, 2.45) is 0 Å². The van der Waals surface area contributed by atoms with Crippen molar-refractivity contribution in [3.63, 3.8) is 0 Å². The summed E-state index contributed by atoms with van der Waals surface area (Å²) < 4.78 is 22.1. The molecule has 0 unspecified atom stereocenters. The van der Waals surface area contributed by atoms with Crippen molar-refractivity contribution in [2.75, 3.05) is 43.2 Å². The van der Waals surface area contributed by atoms with E-state index in [1.54, 1.807) is 24.1 Å². The van der Waals surface area contributed by atoms with Crippen molar-refractivity contribution in [2.45, 2.75) is 6.92 Å². The molecule has 0 atom stereocenters. The summed E-state index contributed by atoms with van der Waals surface area (Å²) in [6.07, 6.45) is 1.18. The van der Waals surface area contributed by atoms with Gasteiger partial charge in [0.15, 0.2) is 0 Å². The second-order valence-corrected chi connectivity index (χ2v) is 7.25. The molecule has 0 spiro atoms. The molecule has 7 heteroatoms. The average Bonchev–Trinajstić information content (AvgIpc) is 2.30. The van der Waals surface area contributed by atoms with Crippen molar-refractivity contribution in [1.29, 1.82) is 0 Å². The number of nitrogens with zero attached hydrogens (tertiary/aromatic N) is 1. The molecular weight excluding hydrogens is 278 g/mol. The number of nitrogen functional groups attached to an aromatic ring is 1. The number of hydrogen-bond donors (Lipinski definition) is 2. The van der Waals surface area contributed by atoms with Gasteiger partial charge in [0.05, 0.1) is 12.3 Å². The number of rotatable bonds is 6. The minimum atomic E-state index is -3.01. The number of aryl methyl sites for hydroxylation is 1. The number of hydrogen-bond acceptors (Lipinski definition) is 5. The van der Waals surface area contributed by atoms with Crippen LogP contribution in [0.25, 0.3) is 0 Å². The highest BCUT2D eigenvalue weighted by Crippen LogP contribution is 2.16. The summed E-state index contributed by atoms with van der Waals surface area (Å²) in [6.45, 7) is 2.34. The van der Waals surface area contributed by atoms with Crippen LogP contribution in [0.15, 0.2) is 18.2 Å². The molecule has 3 N–H and O–H groups in total. The molecule has 1 rings (SSSR count). The van der Waals surface area contributed by atoms with Gasteiger partial charge in [-0.3, -0.25) is 9.69 Å². The average molecular weight is 299 g/mol. The topological polar surface area (TPSA) is 92.5 Å². The molecule has 1 amide bonds. The molecule has 1 aromatic carbocycles. The molecule has 20 heavy (non-hydrogen) atoms. The number of nitrogens with one attached hydrogen (secondary N) is 1. The van der Waals surface area contributed by atoms with E-state index in [-0.39, 0.29) is 18.2 Å². The van der Waals surface area contributed by atoms with E-state index in [2.05, 4.69) is 5.32 Å². The molecule has 1 aromatic rings. The van der Waals surface area contributed by atoms with Crippen LogP contribution >= 0.6 is 0 Å². The number of amides is 1. The predicted octanol–water partition coefficient (Wildman–Crippen LogP) is 0.492. The maximum absolute atomic E-state index is 11.8. The normalized spacial score (nSPS) is 11.6. The van der Waals surface area contributed by atoms with E-state index in [1.165, 1.54) is 6.26 Å². The molecule has 0 aliphatic heterocycles. The molecule has 0 aromatic heterocycles. The quantitative estimate of drug-likeness (QED) is 0.746. The highest BCUT2D eigenvalue weighted by atomic mass is 32.2. The number of carbonyl (C=O) groups excluding carboxylic acids is 1. The molecule has 0 aliphatic carbocycles. The number of carbonyl (C=O) groups is 1. The van der Waals surface area contributed by atoms with Gasteiger partial charge in [-0.05, 0) is 31.7 Å². The molecular formula is C13H21N3O3S. The zero-order valence-electron chi connectivity index (χ0n) is 12.0. The molecule has 0 heterocycles. The van der Waals surface area contributed by atoms with Crippen molar-refractivity contribution >= 4 is 27.1 Å². The van der Waals surface area contributed by atoms with E-state index < -0.39 is 9.84 Å². The molecule has 0 saturated carbocycles. The Hall–Kier alpha value is -1.60. The van der Waals surface area contributed by atoms with Crippen molar-refractivity contribution in [3.05, 3.63) is 23.8 Å². The van der Waals surface area contributed by atoms with Crippen LogP contribution in [0.1, 0.15) is 5.56 Å². The number of benzene rings is 1. The molecule has 6 nitrogen and oxygen atoms in total. The van der Waals surface area contributed by atoms with Gasteiger partial charge >= 0.3 is 0 Å². The number of nitrogens with two attached hydrogens (primary N) is 1. The van der Waals surface area contributed by atoms with Crippen molar-refractivity contribution < 1.29 is 13.2 Å². The first-order valence-corrected chi connectivity index (χ1v) is 8.25. The molecule has 0 radical (unpaired) electrons. The summed E-state index contributed by atoms with van der Waals surface area (Å²) in [5, 5.41) is 2.73. The van der Waals surface area contributed by atoms with E-state index in [1.807, 2.05) is 13.0 Å². The van der Waals surface area contributed by atoms with Crippen LogP contribution in [-0.2, 0) is 14.6 Å². The van der Waals surface area contributed by atoms with Crippen LogP contribution in [0.2, 0.25) is 0 Å². The van der Waals surface area contributed by atoms with Gasteiger partial charge in [0.1, 0.15) is 9.84 Å². The van der Waals surface area contributed by atoms with Crippen LogP contribution in [0.3, 0.4) is 0 Å². The fraction of sp³-hybridized carbons (Fsp3) is 0.462. The number of anilines is 2. The smallest absolute Gasteiger partial charge is 0.238 e. The Balaban J connectivity index is 2.48. The monoisotopic (exact) mass is 299 g/mol. The van der Waals surface area contributed by atoms with E-state index in [4.69, 9.17) is 5.73 Å². The summed E-state index contributed by atoms with van der Waals surface area (Å²) in [5.41, 5.74) is 7.97. The van der Waals surface area contributed by atoms with E-state index in [0.717, 1.165) is 5.56 Å². The van der Waals surface area contributed by atoms with E-state index in [9.17, 15) is 13.2 Å². The van der Waals surface area contributed by atoms with Gasteiger partial charge in [0.2, 0.25) is 5.91 Å². The van der Waals surface area contributed by atoms with Crippen molar-refractivity contribution in [3.8, 4) is 0 Å². The first-order chi connectivity index (χ1) is 9.17. The van der Waals surface area contributed by atoms with Gasteiger partial charge in [-0.25, -0.2) is 8.42 Å². The van der Waals surface area contributed by atoms with Gasteiger partial charge < -0.3 is 11.1 Å². The molecule has 0 aliphatic rings. The summed E-state index contributed by atoms with van der Waals surface area (Å²) in [4.78, 5) is 13.5. The Bertz CT molecular complexity index is 585. The SMILES string of the molecule is Cc1ccc(NC(=O)CN(C)CCS(C)(=O)=O)cc1N. The molecule has 0 saturated heterocycles. The van der Waals surface area contributed by atoms with Gasteiger partial charge in [-0.1, -0.05) is 6.07 Å². The first-order valence-electron chi connectivity index (χ1n) is 6.19. The van der Waals surface area contributed by atoms with Gasteiger partial charge in [0.25, 0.3) is 0 Å². The maximum atomic E-state index is 11.8. The summed E-state index contributed by atoms with van der Waals surface area (Å²) in [6, 6.07) is 5.31. The van der Waals surface area contributed by atoms with Crippen LogP contribution in [0.5, 0.6) is 0 Å². The third-order valence-electron chi connectivity index (χ3n) is 2.82. The highest BCUT2D eigenvalue weighted by molar-refractivity contribution is 7.90. The zero-order valence-corrected chi connectivity index (χ0v) is 12.8. The van der Waals surface area contributed by atoms with Crippen LogP contribution in [0, 0.1) is 6.92 Å². The number of likely N-dealkylation sites (N-methyl/N-ethyl adjacent to an activating group) is 1. The largest absolute Gasteiger partial charge is 0.398 e. The van der Waals surface area contributed by atoms with Gasteiger partial charge in [-0.2, -0.15) is 0 Å². The second-order valence-electron chi connectivity index (χ2n) is 4.99. The maximum Gasteiger partial charge on any atom is 0.238 e. The van der Waals surface area contributed by atoms with Gasteiger partial charge in [-0.15, -0.1) is 0 Å². The third-order valence-corrected chi connectivity index (χ3v) is 3.74. The minimum absolute atomic E-state index is 0.0360. The lowest BCUT2D eigenvalue weighted by atomic mass is 10.2. The van der Waals surface area contributed by atoms with Gasteiger partial charge in [0, 0.05) is 24.2 Å². The Morgan fingerprint density at radius 1 is 1.40 bits per heavy atom. The first kappa shape index (κ1) is 16.5. The van der Waals surface area contributed by atoms with Crippen molar-refractivity contribution in [1.82, 2.24) is 4.90 Å². The standard InChI is InChI=1S/C13H21N3O3S/c1-10-4-5-11(8-12(10)14)15-13(17)9-16(2)6-7-20(3,18)19/h4-5,8H,6-7,9,14H2,1-3H3,(H,15,17). The Morgan fingerprint density at radius 2 is 2.05 bits per heavy atom. The highest BCUT2D eigenvalue weighted by Gasteiger charge is 2.10. The summed E-state index contributed by atoms with van der Waals surface area (Å²) in [7, 11) is -1.31. The molecule has 0 bridgehead atoms. The third kappa shape index (κ3) is 6.03. The molecule has 112 valence electrons. The fourth-order valence-electron chi connectivity index (χ4n) is 1.56. The Kier molecular flexibility index (Phi) is 5.52. The predicted molar refractivity (Wildman–Crippen MR) is 81.4 cm³/mol. The van der Waals surface area contributed by atoms with E-state index >= 15 is 0 Å². The minimum Gasteiger partial charge on any atom is -0.398 e. The second kappa shape index (κ2) is 6.71. The summed E-state index contributed by atoms with van der Waals surface area (Å²) >= 11 is 0.